The van der Waals surface area contributed by atoms with E-state index < -0.39 is 5.82 Å². The molecule has 0 aliphatic carbocycles. The van der Waals surface area contributed by atoms with Crippen LogP contribution < -0.4 is 10.6 Å². The lowest BCUT2D eigenvalue weighted by molar-refractivity contribution is -0.129. The van der Waals surface area contributed by atoms with Crippen molar-refractivity contribution < 1.29 is 14.0 Å². The summed E-state index contributed by atoms with van der Waals surface area (Å²) >= 11 is 0. The van der Waals surface area contributed by atoms with Crippen molar-refractivity contribution in [2.75, 3.05) is 11.9 Å². The summed E-state index contributed by atoms with van der Waals surface area (Å²) in [5.74, 6) is -0.933. The lowest BCUT2D eigenvalue weighted by atomic mass is 9.96. The van der Waals surface area contributed by atoms with Crippen LogP contribution >= 0.6 is 0 Å². The summed E-state index contributed by atoms with van der Waals surface area (Å²) in [6.07, 6.45) is 6.21. The van der Waals surface area contributed by atoms with E-state index in [1.165, 1.54) is 6.08 Å². The van der Waals surface area contributed by atoms with Crippen LogP contribution in [0.2, 0.25) is 0 Å². The molecule has 2 amide bonds. The van der Waals surface area contributed by atoms with Gasteiger partial charge in [-0.1, -0.05) is 6.58 Å². The van der Waals surface area contributed by atoms with E-state index in [0.717, 1.165) is 12.8 Å². The molecule has 9 heteroatoms. The smallest absolute Gasteiger partial charge is 0.254 e. The van der Waals surface area contributed by atoms with Gasteiger partial charge >= 0.3 is 0 Å². The van der Waals surface area contributed by atoms with Gasteiger partial charge in [0.2, 0.25) is 5.91 Å². The number of anilines is 1. The van der Waals surface area contributed by atoms with E-state index >= 15 is 4.39 Å². The van der Waals surface area contributed by atoms with E-state index in [-0.39, 0.29) is 41.8 Å². The molecule has 0 unspecified atom stereocenters. The van der Waals surface area contributed by atoms with Gasteiger partial charge in [0.25, 0.3) is 5.91 Å². The second kappa shape index (κ2) is 7.31. The number of nitrogens with zero attached hydrogens (tertiary/aromatic N) is 4. The predicted octanol–water partition coefficient (Wildman–Crippen LogP) is 1.84. The number of nitrogens with one attached hydrogen (secondary N) is 2. The van der Waals surface area contributed by atoms with Crippen molar-refractivity contribution in [3.05, 3.63) is 42.0 Å². The van der Waals surface area contributed by atoms with Gasteiger partial charge in [-0.25, -0.2) is 9.37 Å². The normalized spacial score (nSPS) is 20.9. The monoisotopic (exact) mass is 398 g/mol. The number of likely N-dealkylation sites (tertiary alicyclic amines) is 1. The lowest BCUT2D eigenvalue weighted by Gasteiger charge is -2.39. The molecule has 0 saturated carbocycles. The third-order valence-corrected chi connectivity index (χ3v) is 5.63. The van der Waals surface area contributed by atoms with Crippen molar-refractivity contribution >= 4 is 17.6 Å². The molecular formula is C20H23FN6O2. The van der Waals surface area contributed by atoms with E-state index in [9.17, 15) is 9.59 Å². The van der Waals surface area contributed by atoms with Gasteiger partial charge in [-0.05, 0) is 25.8 Å². The van der Waals surface area contributed by atoms with Gasteiger partial charge in [-0.15, -0.1) is 0 Å². The van der Waals surface area contributed by atoms with E-state index in [2.05, 4.69) is 27.3 Å². The molecule has 1 fully saturated rings. The molecule has 152 valence electrons. The van der Waals surface area contributed by atoms with Gasteiger partial charge in [0.15, 0.2) is 11.6 Å². The second-order valence-electron chi connectivity index (χ2n) is 7.43. The zero-order valence-electron chi connectivity index (χ0n) is 16.4. The Kier molecular flexibility index (Phi) is 4.81. The summed E-state index contributed by atoms with van der Waals surface area (Å²) in [7, 11) is 1.77. The van der Waals surface area contributed by atoms with Crippen molar-refractivity contribution in [1.82, 2.24) is 25.0 Å². The number of aryl methyl sites for hydroxylation is 1. The van der Waals surface area contributed by atoms with Crippen LogP contribution in [0.1, 0.15) is 35.7 Å². The molecule has 4 heterocycles. The topological polar surface area (TPSA) is 92.2 Å². The Bertz CT molecular complexity index is 1000. The molecule has 2 atom stereocenters. The van der Waals surface area contributed by atoms with Crippen LogP contribution in [0, 0.1) is 5.82 Å². The summed E-state index contributed by atoms with van der Waals surface area (Å²) in [6.45, 7) is 6.24. The fourth-order valence-corrected chi connectivity index (χ4v) is 4.07. The number of carbonyl (C=O) groups excluding carboxylic acids is 2. The Hall–Kier alpha value is -3.23. The Balaban J connectivity index is 1.72. The molecule has 2 aliphatic rings. The summed E-state index contributed by atoms with van der Waals surface area (Å²) in [5, 5.41) is 10.0. The first-order chi connectivity index (χ1) is 13.9. The average Bonchev–Trinajstić information content (AvgIpc) is 3.31. The molecule has 2 aromatic rings. The highest BCUT2D eigenvalue weighted by Crippen LogP contribution is 2.33. The van der Waals surface area contributed by atoms with Crippen LogP contribution in [0.5, 0.6) is 0 Å². The highest BCUT2D eigenvalue weighted by Gasteiger charge is 2.34. The fraction of sp³-hybridized carbons (Fsp3) is 0.400. The van der Waals surface area contributed by atoms with Crippen LogP contribution in [0.4, 0.5) is 10.2 Å². The van der Waals surface area contributed by atoms with E-state index in [1.807, 2.05) is 6.92 Å². The van der Waals surface area contributed by atoms with Crippen LogP contribution in [-0.2, 0) is 18.4 Å². The third-order valence-electron chi connectivity index (χ3n) is 5.63. The number of amides is 2. The van der Waals surface area contributed by atoms with Crippen LogP contribution in [-0.4, -0.2) is 50.1 Å². The van der Waals surface area contributed by atoms with Crippen molar-refractivity contribution in [3.8, 4) is 11.3 Å². The molecule has 4 rings (SSSR count). The van der Waals surface area contributed by atoms with Crippen LogP contribution in [0.15, 0.2) is 25.0 Å². The second-order valence-corrected chi connectivity index (χ2v) is 7.43. The number of aromatic nitrogens is 3. The zero-order chi connectivity index (χ0) is 20.7. The number of hydrogen-bond donors (Lipinski definition) is 2. The molecule has 2 aromatic heterocycles. The minimum Gasteiger partial charge on any atom is -0.363 e. The standard InChI is InChI=1S/C20H23FN6O2/c1-4-15(28)27-7-5-6-14(11(27)2)24-19-17(21)13-9-22-20(29)16(13)18(25-19)12-8-23-26(3)10-12/h4,8,10-11,14H,1,5-7,9H2,2-3H3,(H,22,29)(H,24,25)/t11-,14-/m1/s1. The number of hydrogen-bond acceptors (Lipinski definition) is 5. The van der Waals surface area contributed by atoms with Crippen LogP contribution in [0.25, 0.3) is 11.3 Å². The largest absolute Gasteiger partial charge is 0.363 e. The van der Waals surface area contributed by atoms with Crippen molar-refractivity contribution in [3.63, 3.8) is 0 Å². The van der Waals surface area contributed by atoms with Gasteiger partial charge < -0.3 is 15.5 Å². The van der Waals surface area contributed by atoms with Crippen molar-refractivity contribution in [1.29, 1.82) is 0 Å². The molecule has 0 aromatic carbocycles. The molecular weight excluding hydrogens is 375 g/mol. The molecule has 2 aliphatic heterocycles. The molecule has 2 N–H and O–H groups in total. The van der Waals surface area contributed by atoms with Gasteiger partial charge in [-0.3, -0.25) is 14.3 Å². The molecule has 1 saturated heterocycles. The maximum atomic E-state index is 15.2. The van der Waals surface area contributed by atoms with Crippen molar-refractivity contribution in [2.24, 2.45) is 7.05 Å². The summed E-state index contributed by atoms with van der Waals surface area (Å²) in [4.78, 5) is 30.6. The van der Waals surface area contributed by atoms with Gasteiger partial charge in [0.05, 0.1) is 17.5 Å². The highest BCUT2D eigenvalue weighted by molar-refractivity contribution is 6.04. The first kappa shape index (κ1) is 19.1. The van der Waals surface area contributed by atoms with Crippen molar-refractivity contribution in [2.45, 2.75) is 38.4 Å². The number of fused-ring (bicyclic) bond motifs is 1. The SMILES string of the molecule is C=CC(=O)N1CCC[C@@H](Nc2nc(-c3cnn(C)c3)c3c(c2F)CNC3=O)[C@H]1C. The third kappa shape index (κ3) is 3.26. The molecule has 0 spiro atoms. The van der Waals surface area contributed by atoms with Gasteiger partial charge in [0, 0.05) is 49.5 Å². The quantitative estimate of drug-likeness (QED) is 0.767. The molecule has 8 nitrogen and oxygen atoms in total. The Morgan fingerprint density at radius 1 is 1.48 bits per heavy atom. The maximum Gasteiger partial charge on any atom is 0.254 e. The number of piperidine rings is 1. The number of carbonyl (C=O) groups is 2. The Labute approximate surface area is 167 Å². The summed E-state index contributed by atoms with van der Waals surface area (Å²) in [5.41, 5.74) is 1.59. The fourth-order valence-electron chi connectivity index (χ4n) is 4.07. The zero-order valence-corrected chi connectivity index (χ0v) is 16.4. The van der Waals surface area contributed by atoms with Crippen LogP contribution in [0.3, 0.4) is 0 Å². The first-order valence-corrected chi connectivity index (χ1v) is 9.60. The van der Waals surface area contributed by atoms with Gasteiger partial charge in [-0.2, -0.15) is 5.10 Å². The van der Waals surface area contributed by atoms with E-state index in [4.69, 9.17) is 0 Å². The molecule has 0 bridgehead atoms. The summed E-state index contributed by atoms with van der Waals surface area (Å²) < 4.78 is 16.8. The average molecular weight is 398 g/mol. The minimum atomic E-state index is -0.537. The predicted molar refractivity (Wildman–Crippen MR) is 106 cm³/mol. The number of rotatable bonds is 4. The number of pyridine rings is 1. The molecule has 0 radical (unpaired) electrons. The number of halogens is 1. The highest BCUT2D eigenvalue weighted by atomic mass is 19.1. The minimum absolute atomic E-state index is 0.0869. The Morgan fingerprint density at radius 3 is 2.97 bits per heavy atom. The summed E-state index contributed by atoms with van der Waals surface area (Å²) in [6, 6.07) is -0.315. The maximum absolute atomic E-state index is 15.2. The van der Waals surface area contributed by atoms with Gasteiger partial charge in [0.1, 0.15) is 0 Å². The Morgan fingerprint density at radius 2 is 2.28 bits per heavy atom. The lowest BCUT2D eigenvalue weighted by Crippen LogP contribution is -2.51. The van der Waals surface area contributed by atoms with E-state index in [0.29, 0.717) is 23.4 Å². The van der Waals surface area contributed by atoms with E-state index in [1.54, 1.807) is 29.0 Å². The molecule has 29 heavy (non-hydrogen) atoms. The first-order valence-electron chi connectivity index (χ1n) is 9.60.